The van der Waals surface area contributed by atoms with Gasteiger partial charge >= 0.3 is 0 Å². The van der Waals surface area contributed by atoms with Crippen molar-refractivity contribution >= 4 is 23.0 Å². The highest BCUT2D eigenvalue weighted by Gasteiger charge is 2.19. The third kappa shape index (κ3) is 5.79. The summed E-state index contributed by atoms with van der Waals surface area (Å²) in [5, 5.41) is 6.10. The van der Waals surface area contributed by atoms with Crippen LogP contribution in [0.3, 0.4) is 0 Å². The van der Waals surface area contributed by atoms with Gasteiger partial charge in [0, 0.05) is 19.2 Å². The molecule has 0 aliphatic carbocycles. The van der Waals surface area contributed by atoms with Gasteiger partial charge in [-0.3, -0.25) is 0 Å². The van der Waals surface area contributed by atoms with Crippen molar-refractivity contribution in [1.29, 1.82) is 0 Å². The summed E-state index contributed by atoms with van der Waals surface area (Å²) in [4.78, 5) is 2.10. The number of anilines is 1. The molecule has 0 aliphatic rings. The highest BCUT2D eigenvalue weighted by atomic mass is 32.1. The van der Waals surface area contributed by atoms with Crippen molar-refractivity contribution in [2.45, 2.75) is 13.8 Å². The van der Waals surface area contributed by atoms with E-state index in [2.05, 4.69) is 29.4 Å². The van der Waals surface area contributed by atoms with Gasteiger partial charge in [-0.1, -0.05) is 13.8 Å². The molecule has 0 saturated heterocycles. The van der Waals surface area contributed by atoms with Crippen LogP contribution in [0.5, 0.6) is 0 Å². The molecule has 0 unspecified atom stereocenters. The summed E-state index contributed by atoms with van der Waals surface area (Å²) < 4.78 is 26.3. The van der Waals surface area contributed by atoms with E-state index in [0.717, 1.165) is 12.6 Å². The quantitative estimate of drug-likeness (QED) is 0.818. The van der Waals surface area contributed by atoms with Gasteiger partial charge in [0.1, 0.15) is 11.6 Å². The van der Waals surface area contributed by atoms with Gasteiger partial charge in [0.2, 0.25) is 0 Å². The Labute approximate surface area is 124 Å². The second kappa shape index (κ2) is 6.95. The minimum Gasteiger partial charge on any atom is -0.362 e. The van der Waals surface area contributed by atoms with E-state index in [1.165, 1.54) is 12.1 Å². The van der Waals surface area contributed by atoms with Crippen LogP contribution in [0.25, 0.3) is 0 Å². The molecule has 1 aromatic rings. The molecule has 0 radical (unpaired) electrons. The molecule has 0 amide bonds. The fourth-order valence-corrected chi connectivity index (χ4v) is 2.17. The first-order valence-electron chi connectivity index (χ1n) is 6.34. The SMILES string of the molecule is CN(C)CC(C)(C)CNC(=S)Nc1ccc(F)cc1F. The maximum absolute atomic E-state index is 13.5. The molecule has 0 bridgehead atoms. The average molecular weight is 301 g/mol. The minimum atomic E-state index is -0.665. The van der Waals surface area contributed by atoms with Gasteiger partial charge in [-0.05, 0) is 43.9 Å². The van der Waals surface area contributed by atoms with Crippen molar-refractivity contribution in [3.63, 3.8) is 0 Å². The van der Waals surface area contributed by atoms with Gasteiger partial charge in [0.15, 0.2) is 5.11 Å². The van der Waals surface area contributed by atoms with Gasteiger partial charge < -0.3 is 15.5 Å². The van der Waals surface area contributed by atoms with E-state index in [9.17, 15) is 8.78 Å². The van der Waals surface area contributed by atoms with Gasteiger partial charge in [-0.15, -0.1) is 0 Å². The van der Waals surface area contributed by atoms with Crippen molar-refractivity contribution < 1.29 is 8.78 Å². The van der Waals surface area contributed by atoms with Gasteiger partial charge in [0.25, 0.3) is 0 Å². The summed E-state index contributed by atoms with van der Waals surface area (Å²) in [7, 11) is 4.01. The normalized spacial score (nSPS) is 11.6. The van der Waals surface area contributed by atoms with Crippen molar-refractivity contribution in [2.24, 2.45) is 5.41 Å². The molecule has 3 nitrogen and oxygen atoms in total. The molecule has 0 fully saturated rings. The second-order valence-corrected chi connectivity index (χ2v) is 6.24. The Hall–Kier alpha value is -1.27. The van der Waals surface area contributed by atoms with E-state index in [0.29, 0.717) is 11.7 Å². The zero-order chi connectivity index (χ0) is 15.3. The summed E-state index contributed by atoms with van der Waals surface area (Å²) in [5.41, 5.74) is 0.186. The second-order valence-electron chi connectivity index (χ2n) is 5.83. The molecular formula is C14H21F2N3S. The minimum absolute atomic E-state index is 0.0244. The fraction of sp³-hybridized carbons (Fsp3) is 0.500. The Balaban J connectivity index is 2.52. The van der Waals surface area contributed by atoms with Crippen LogP contribution in [-0.2, 0) is 0 Å². The first-order valence-corrected chi connectivity index (χ1v) is 6.75. The lowest BCUT2D eigenvalue weighted by molar-refractivity contribution is 0.242. The molecule has 20 heavy (non-hydrogen) atoms. The molecule has 2 N–H and O–H groups in total. The number of hydrogen-bond acceptors (Lipinski definition) is 2. The van der Waals surface area contributed by atoms with Gasteiger partial charge in [-0.25, -0.2) is 8.78 Å². The van der Waals surface area contributed by atoms with Crippen LogP contribution in [0.1, 0.15) is 13.8 Å². The van der Waals surface area contributed by atoms with Crippen LogP contribution in [0.15, 0.2) is 18.2 Å². The largest absolute Gasteiger partial charge is 0.362 e. The molecule has 0 spiro atoms. The lowest BCUT2D eigenvalue weighted by Gasteiger charge is -2.29. The zero-order valence-electron chi connectivity index (χ0n) is 12.3. The topological polar surface area (TPSA) is 27.3 Å². The molecule has 1 rings (SSSR count). The molecule has 0 aliphatic heterocycles. The van der Waals surface area contributed by atoms with E-state index in [4.69, 9.17) is 12.2 Å². The maximum atomic E-state index is 13.5. The van der Waals surface area contributed by atoms with E-state index in [1.54, 1.807) is 0 Å². The first kappa shape index (κ1) is 16.8. The molecule has 0 aromatic heterocycles. The monoisotopic (exact) mass is 301 g/mol. The Bertz CT molecular complexity index is 475. The third-order valence-corrected chi connectivity index (χ3v) is 2.90. The predicted octanol–water partition coefficient (Wildman–Crippen LogP) is 2.84. The number of halogens is 2. The van der Waals surface area contributed by atoms with E-state index in [-0.39, 0.29) is 11.1 Å². The number of nitrogens with zero attached hydrogens (tertiary/aromatic N) is 1. The molecule has 0 heterocycles. The van der Waals surface area contributed by atoms with E-state index in [1.807, 2.05) is 14.1 Å². The van der Waals surface area contributed by atoms with Crippen LogP contribution in [0.2, 0.25) is 0 Å². The lowest BCUT2D eigenvalue weighted by atomic mass is 9.93. The number of hydrogen-bond donors (Lipinski definition) is 2. The van der Waals surface area contributed by atoms with Crippen molar-refractivity contribution in [3.05, 3.63) is 29.8 Å². The van der Waals surface area contributed by atoms with E-state index >= 15 is 0 Å². The zero-order valence-corrected chi connectivity index (χ0v) is 13.1. The smallest absolute Gasteiger partial charge is 0.170 e. The lowest BCUT2D eigenvalue weighted by Crippen LogP contribution is -2.41. The molecule has 0 saturated carbocycles. The fourth-order valence-electron chi connectivity index (χ4n) is 1.99. The highest BCUT2D eigenvalue weighted by molar-refractivity contribution is 7.80. The standard InChI is InChI=1S/C14H21F2N3S/c1-14(2,9-19(3)4)8-17-13(20)18-12-6-5-10(15)7-11(12)16/h5-7H,8-9H2,1-4H3,(H2,17,18,20). The number of nitrogens with one attached hydrogen (secondary N) is 2. The van der Waals surface area contributed by atoms with Gasteiger partial charge in [0.05, 0.1) is 5.69 Å². The molecule has 1 aromatic carbocycles. The predicted molar refractivity (Wildman–Crippen MR) is 82.9 cm³/mol. The van der Waals surface area contributed by atoms with Crippen LogP contribution >= 0.6 is 12.2 Å². The van der Waals surface area contributed by atoms with Crippen molar-refractivity contribution in [1.82, 2.24) is 10.2 Å². The van der Waals surface area contributed by atoms with Crippen LogP contribution in [0, 0.1) is 17.0 Å². The Morgan fingerprint density at radius 2 is 1.95 bits per heavy atom. The molecule has 6 heteroatoms. The average Bonchev–Trinajstić information content (AvgIpc) is 2.29. The summed E-state index contributed by atoms with van der Waals surface area (Å²) in [6.45, 7) is 5.77. The molecule has 0 atom stereocenters. The first-order chi connectivity index (χ1) is 9.19. The highest BCUT2D eigenvalue weighted by Crippen LogP contribution is 2.16. The van der Waals surface area contributed by atoms with Crippen molar-refractivity contribution in [3.8, 4) is 0 Å². The number of rotatable bonds is 5. The van der Waals surface area contributed by atoms with Crippen LogP contribution in [-0.4, -0.2) is 37.2 Å². The van der Waals surface area contributed by atoms with Crippen LogP contribution in [0.4, 0.5) is 14.5 Å². The van der Waals surface area contributed by atoms with Crippen molar-refractivity contribution in [2.75, 3.05) is 32.5 Å². The summed E-state index contributed by atoms with van der Waals surface area (Å²) in [6.07, 6.45) is 0. The Morgan fingerprint density at radius 3 is 2.50 bits per heavy atom. The third-order valence-electron chi connectivity index (χ3n) is 2.65. The summed E-state index contributed by atoms with van der Waals surface area (Å²) in [5.74, 6) is -1.28. The van der Waals surface area contributed by atoms with Crippen LogP contribution < -0.4 is 10.6 Å². The Morgan fingerprint density at radius 1 is 1.30 bits per heavy atom. The van der Waals surface area contributed by atoms with E-state index < -0.39 is 11.6 Å². The Kier molecular flexibility index (Phi) is 5.83. The molecular weight excluding hydrogens is 280 g/mol. The maximum Gasteiger partial charge on any atom is 0.170 e. The number of thiocarbonyl (C=S) groups is 1. The van der Waals surface area contributed by atoms with Gasteiger partial charge in [-0.2, -0.15) is 0 Å². The summed E-state index contributed by atoms with van der Waals surface area (Å²) in [6, 6.07) is 3.33. The summed E-state index contributed by atoms with van der Waals surface area (Å²) >= 11 is 5.11. The number of benzene rings is 1. The molecule has 112 valence electrons.